The van der Waals surface area contributed by atoms with Crippen LogP contribution in [0.3, 0.4) is 0 Å². The zero-order chi connectivity index (χ0) is 13.1. The maximum Gasteiger partial charge on any atom is 0.240 e. The normalized spacial score (nSPS) is 12.9. The minimum atomic E-state index is -0.221. The van der Waals surface area contributed by atoms with Gasteiger partial charge in [0.2, 0.25) is 5.89 Å². The highest BCUT2D eigenvalue weighted by molar-refractivity contribution is 5.19. The van der Waals surface area contributed by atoms with Crippen molar-refractivity contribution in [1.29, 1.82) is 0 Å². The van der Waals surface area contributed by atoms with Crippen molar-refractivity contribution in [1.82, 2.24) is 15.0 Å². The summed E-state index contributed by atoms with van der Waals surface area (Å²) in [4.78, 5) is 6.23. The Kier molecular flexibility index (Phi) is 3.72. The molecule has 0 amide bonds. The second-order valence-electron chi connectivity index (χ2n) is 4.38. The molecule has 0 aliphatic carbocycles. The average Bonchev–Trinajstić information content (AvgIpc) is 2.75. The molecule has 1 atom stereocenters. The van der Waals surface area contributed by atoms with Gasteiger partial charge in [-0.2, -0.15) is 4.98 Å². The van der Waals surface area contributed by atoms with Crippen LogP contribution in [0.2, 0.25) is 0 Å². The molecule has 2 rings (SSSR count). The Morgan fingerprint density at radius 1 is 1.33 bits per heavy atom. The summed E-state index contributed by atoms with van der Waals surface area (Å²) < 4.78 is 17.9. The van der Waals surface area contributed by atoms with Gasteiger partial charge in [-0.05, 0) is 38.6 Å². The molecular weight excluding hydrogens is 233 g/mol. The molecule has 1 aromatic heterocycles. The Bertz CT molecular complexity index is 509. The molecule has 4 nitrogen and oxygen atoms in total. The fourth-order valence-corrected chi connectivity index (χ4v) is 1.75. The second-order valence-corrected chi connectivity index (χ2v) is 4.38. The van der Waals surface area contributed by atoms with Crippen LogP contribution in [0.4, 0.5) is 4.39 Å². The van der Waals surface area contributed by atoms with Crippen LogP contribution in [0.1, 0.15) is 30.2 Å². The van der Waals surface area contributed by atoms with Crippen LogP contribution in [-0.4, -0.2) is 22.1 Å². The number of hydrogen-bond donors (Lipinski definition) is 0. The van der Waals surface area contributed by atoms with Gasteiger partial charge in [-0.1, -0.05) is 17.3 Å². The second kappa shape index (κ2) is 5.27. The lowest BCUT2D eigenvalue weighted by atomic mass is 10.1. The van der Waals surface area contributed by atoms with E-state index < -0.39 is 0 Å². The Hall–Kier alpha value is -1.75. The summed E-state index contributed by atoms with van der Waals surface area (Å²) in [5.74, 6) is 0.998. The molecule has 0 N–H and O–H groups in total. The number of halogens is 1. The Morgan fingerprint density at radius 2 is 2.00 bits per heavy atom. The van der Waals surface area contributed by atoms with E-state index in [1.165, 1.54) is 12.1 Å². The number of aromatic nitrogens is 2. The number of hydrogen-bond acceptors (Lipinski definition) is 4. The van der Waals surface area contributed by atoms with E-state index in [0.717, 1.165) is 5.56 Å². The Morgan fingerprint density at radius 3 is 2.56 bits per heavy atom. The van der Waals surface area contributed by atoms with Gasteiger partial charge in [0.1, 0.15) is 5.82 Å². The van der Waals surface area contributed by atoms with E-state index in [2.05, 4.69) is 22.0 Å². The maximum absolute atomic E-state index is 12.9. The number of benzene rings is 1. The summed E-state index contributed by atoms with van der Waals surface area (Å²) in [5.41, 5.74) is 1.05. The zero-order valence-electron chi connectivity index (χ0n) is 10.7. The van der Waals surface area contributed by atoms with E-state index in [9.17, 15) is 4.39 Å². The number of rotatable bonds is 4. The molecular formula is C13H16FN3O. The lowest BCUT2D eigenvalue weighted by molar-refractivity contribution is 0.216. The van der Waals surface area contributed by atoms with Crippen molar-refractivity contribution in [3.63, 3.8) is 0 Å². The highest BCUT2D eigenvalue weighted by Gasteiger charge is 2.14. The standard InChI is InChI=1S/C13H16FN3O/c1-9(11-4-6-12(14)7-5-11)17(3)8-13-15-10(2)16-18-13/h4-7,9H,8H2,1-3H3. The molecule has 0 aliphatic rings. The molecule has 1 heterocycles. The van der Waals surface area contributed by atoms with E-state index in [4.69, 9.17) is 4.52 Å². The number of nitrogens with zero attached hydrogens (tertiary/aromatic N) is 3. The monoisotopic (exact) mass is 249 g/mol. The van der Waals surface area contributed by atoms with Crippen LogP contribution in [0.15, 0.2) is 28.8 Å². The molecule has 0 bridgehead atoms. The topological polar surface area (TPSA) is 42.2 Å². The quantitative estimate of drug-likeness (QED) is 0.835. The smallest absolute Gasteiger partial charge is 0.240 e. The molecule has 0 fully saturated rings. The van der Waals surface area contributed by atoms with E-state index in [1.54, 1.807) is 19.1 Å². The lowest BCUT2D eigenvalue weighted by Gasteiger charge is -2.23. The molecule has 2 aromatic rings. The van der Waals surface area contributed by atoms with E-state index in [0.29, 0.717) is 18.3 Å². The first-order valence-corrected chi connectivity index (χ1v) is 5.81. The molecule has 96 valence electrons. The maximum atomic E-state index is 12.9. The van der Waals surface area contributed by atoms with Crippen LogP contribution in [0, 0.1) is 12.7 Å². The van der Waals surface area contributed by atoms with Crippen LogP contribution >= 0.6 is 0 Å². The summed E-state index contributed by atoms with van der Waals surface area (Å²) in [7, 11) is 1.97. The van der Waals surface area contributed by atoms with Crippen molar-refractivity contribution >= 4 is 0 Å². The fraction of sp³-hybridized carbons (Fsp3) is 0.385. The third-order valence-electron chi connectivity index (χ3n) is 2.97. The highest BCUT2D eigenvalue weighted by Crippen LogP contribution is 2.20. The van der Waals surface area contributed by atoms with Gasteiger partial charge in [0.05, 0.1) is 6.54 Å². The highest BCUT2D eigenvalue weighted by atomic mass is 19.1. The third-order valence-corrected chi connectivity index (χ3v) is 2.97. The molecule has 1 unspecified atom stereocenters. The van der Waals surface area contributed by atoms with Crippen molar-refractivity contribution in [2.75, 3.05) is 7.05 Å². The van der Waals surface area contributed by atoms with E-state index in [-0.39, 0.29) is 11.9 Å². The van der Waals surface area contributed by atoms with E-state index in [1.807, 2.05) is 7.05 Å². The lowest BCUT2D eigenvalue weighted by Crippen LogP contribution is -2.22. The van der Waals surface area contributed by atoms with Crippen molar-refractivity contribution < 1.29 is 8.91 Å². The van der Waals surface area contributed by atoms with Gasteiger partial charge in [-0.15, -0.1) is 0 Å². The van der Waals surface area contributed by atoms with Gasteiger partial charge in [0, 0.05) is 6.04 Å². The minimum Gasteiger partial charge on any atom is -0.338 e. The molecule has 5 heteroatoms. The molecule has 0 saturated carbocycles. The van der Waals surface area contributed by atoms with Crippen molar-refractivity contribution in [2.24, 2.45) is 0 Å². The first kappa shape index (κ1) is 12.7. The Balaban J connectivity index is 2.04. The van der Waals surface area contributed by atoms with Crippen LogP contribution in [-0.2, 0) is 6.54 Å². The minimum absolute atomic E-state index is 0.151. The molecule has 0 saturated heterocycles. The molecule has 0 radical (unpaired) electrons. The first-order chi connectivity index (χ1) is 8.56. The van der Waals surface area contributed by atoms with Gasteiger partial charge < -0.3 is 4.52 Å². The van der Waals surface area contributed by atoms with Crippen molar-refractivity contribution in [3.05, 3.63) is 47.4 Å². The predicted octanol–water partition coefficient (Wildman–Crippen LogP) is 2.71. The van der Waals surface area contributed by atoms with Crippen molar-refractivity contribution in [3.8, 4) is 0 Å². The van der Waals surface area contributed by atoms with Gasteiger partial charge in [0.15, 0.2) is 5.82 Å². The van der Waals surface area contributed by atoms with Crippen LogP contribution < -0.4 is 0 Å². The molecule has 1 aromatic carbocycles. The van der Waals surface area contributed by atoms with Gasteiger partial charge in [-0.25, -0.2) is 4.39 Å². The number of aryl methyl sites for hydroxylation is 1. The summed E-state index contributed by atoms with van der Waals surface area (Å²) >= 11 is 0. The van der Waals surface area contributed by atoms with Crippen molar-refractivity contribution in [2.45, 2.75) is 26.4 Å². The molecule has 0 aliphatic heterocycles. The summed E-state index contributed by atoms with van der Waals surface area (Å²) in [6.07, 6.45) is 0. The average molecular weight is 249 g/mol. The van der Waals surface area contributed by atoms with Gasteiger partial charge in [0.25, 0.3) is 0 Å². The van der Waals surface area contributed by atoms with Gasteiger partial charge in [-0.3, -0.25) is 4.90 Å². The van der Waals surface area contributed by atoms with Crippen LogP contribution in [0.25, 0.3) is 0 Å². The SMILES string of the molecule is Cc1noc(CN(C)C(C)c2ccc(F)cc2)n1. The zero-order valence-corrected chi connectivity index (χ0v) is 10.7. The summed E-state index contributed by atoms with van der Waals surface area (Å²) in [6.45, 7) is 4.41. The fourth-order valence-electron chi connectivity index (χ4n) is 1.75. The van der Waals surface area contributed by atoms with Gasteiger partial charge >= 0.3 is 0 Å². The molecule has 0 spiro atoms. The summed E-state index contributed by atoms with van der Waals surface area (Å²) in [6, 6.07) is 6.66. The summed E-state index contributed by atoms with van der Waals surface area (Å²) in [5, 5.41) is 3.75. The largest absolute Gasteiger partial charge is 0.338 e. The first-order valence-electron chi connectivity index (χ1n) is 5.81. The Labute approximate surface area is 105 Å². The predicted molar refractivity (Wildman–Crippen MR) is 65.3 cm³/mol. The molecule has 18 heavy (non-hydrogen) atoms. The third kappa shape index (κ3) is 2.92. The van der Waals surface area contributed by atoms with Crippen LogP contribution in [0.5, 0.6) is 0 Å². The van der Waals surface area contributed by atoms with E-state index >= 15 is 0 Å².